The first-order chi connectivity index (χ1) is 16.3. The molecule has 1 amide bonds. The Morgan fingerprint density at radius 2 is 1.71 bits per heavy atom. The van der Waals surface area contributed by atoms with Crippen LogP contribution in [0.2, 0.25) is 0 Å². The van der Waals surface area contributed by atoms with E-state index in [4.69, 9.17) is 4.74 Å². The molecule has 0 saturated carbocycles. The third kappa shape index (κ3) is 4.79. The highest BCUT2D eigenvalue weighted by Crippen LogP contribution is 2.34. The summed E-state index contributed by atoms with van der Waals surface area (Å²) < 4.78 is 36.8. The van der Waals surface area contributed by atoms with Gasteiger partial charge in [0.1, 0.15) is 5.75 Å². The molecular formula is C25H24N4O4S. The number of methoxy groups -OCH3 is 1. The molecule has 0 spiro atoms. The third-order valence-electron chi connectivity index (χ3n) is 5.13. The fourth-order valence-electron chi connectivity index (χ4n) is 3.66. The summed E-state index contributed by atoms with van der Waals surface area (Å²) in [6, 6.07) is 18.8. The summed E-state index contributed by atoms with van der Waals surface area (Å²) in [6.07, 6.45) is 3.52. The second-order valence-corrected chi connectivity index (χ2v) is 9.29. The maximum atomic E-state index is 13.4. The van der Waals surface area contributed by atoms with Crippen molar-refractivity contribution in [3.8, 4) is 22.6 Å². The quantitative estimate of drug-likeness (QED) is 0.405. The fourth-order valence-corrected chi connectivity index (χ4v) is 4.93. The number of amides is 1. The number of rotatable bonds is 7. The lowest BCUT2D eigenvalue weighted by molar-refractivity contribution is -0.114. The maximum Gasteiger partial charge on any atom is 0.262 e. The first-order valence-electron chi connectivity index (χ1n) is 10.5. The van der Waals surface area contributed by atoms with Crippen molar-refractivity contribution >= 4 is 27.3 Å². The van der Waals surface area contributed by atoms with E-state index in [-0.39, 0.29) is 10.8 Å². The zero-order valence-electron chi connectivity index (χ0n) is 18.9. The number of aromatic nitrogens is 2. The summed E-state index contributed by atoms with van der Waals surface area (Å²) in [5.74, 6) is 0.244. The number of nitrogens with one attached hydrogen (secondary N) is 2. The van der Waals surface area contributed by atoms with Gasteiger partial charge in [-0.3, -0.25) is 9.52 Å². The molecule has 0 aliphatic rings. The fraction of sp³-hybridized carbons (Fsp3) is 0.120. The van der Waals surface area contributed by atoms with Crippen molar-refractivity contribution in [2.45, 2.75) is 18.7 Å². The van der Waals surface area contributed by atoms with Crippen LogP contribution in [0.5, 0.6) is 5.75 Å². The number of ether oxygens (including phenoxy) is 1. The predicted molar refractivity (Wildman–Crippen MR) is 132 cm³/mol. The van der Waals surface area contributed by atoms with Crippen molar-refractivity contribution in [3.63, 3.8) is 0 Å². The van der Waals surface area contributed by atoms with Crippen molar-refractivity contribution in [2.75, 3.05) is 17.1 Å². The monoisotopic (exact) mass is 476 g/mol. The van der Waals surface area contributed by atoms with Crippen LogP contribution in [0, 0.1) is 6.92 Å². The van der Waals surface area contributed by atoms with Gasteiger partial charge in [0.05, 0.1) is 35.4 Å². The summed E-state index contributed by atoms with van der Waals surface area (Å²) in [5.41, 5.74) is 3.53. The van der Waals surface area contributed by atoms with Crippen LogP contribution in [0.15, 0.2) is 84.1 Å². The van der Waals surface area contributed by atoms with E-state index < -0.39 is 10.0 Å². The van der Waals surface area contributed by atoms with Crippen LogP contribution in [0.3, 0.4) is 0 Å². The number of hydrogen-bond donors (Lipinski definition) is 2. The van der Waals surface area contributed by atoms with Gasteiger partial charge in [-0.15, -0.1) is 0 Å². The van der Waals surface area contributed by atoms with Crippen molar-refractivity contribution < 1.29 is 17.9 Å². The number of nitrogens with zero attached hydrogens (tertiary/aromatic N) is 2. The second kappa shape index (κ2) is 9.40. The van der Waals surface area contributed by atoms with Gasteiger partial charge >= 0.3 is 0 Å². The number of carbonyl (C=O) groups is 1. The Kier molecular flexibility index (Phi) is 6.38. The smallest absolute Gasteiger partial charge is 0.262 e. The van der Waals surface area contributed by atoms with Gasteiger partial charge in [-0.1, -0.05) is 36.4 Å². The SMILES string of the molecule is COc1cc(NS(=O)(=O)c2ccccc2-c2ccccc2NC(C)=O)ccc1-n1cnc(C)c1. The van der Waals surface area contributed by atoms with Crippen LogP contribution >= 0.6 is 0 Å². The van der Waals surface area contributed by atoms with Crippen LogP contribution in [-0.4, -0.2) is 31.0 Å². The molecule has 34 heavy (non-hydrogen) atoms. The number of imidazole rings is 1. The molecule has 0 bridgehead atoms. The lowest BCUT2D eigenvalue weighted by Gasteiger charge is -2.16. The normalized spacial score (nSPS) is 11.1. The van der Waals surface area contributed by atoms with Gasteiger partial charge in [-0.25, -0.2) is 13.4 Å². The molecule has 8 nitrogen and oxygen atoms in total. The molecule has 9 heteroatoms. The standard InChI is InChI=1S/C25H24N4O4S/c1-17-15-29(16-26-17)23-13-12-19(14-24(23)33-3)28-34(31,32)25-11-7-5-9-21(25)20-8-4-6-10-22(20)27-18(2)30/h4-16,28H,1-3H3,(H,27,30). The molecule has 2 N–H and O–H groups in total. The Bertz CT molecular complexity index is 1460. The Morgan fingerprint density at radius 3 is 2.38 bits per heavy atom. The molecule has 0 aliphatic heterocycles. The van der Waals surface area contributed by atoms with Gasteiger partial charge in [0.2, 0.25) is 5.91 Å². The Balaban J connectivity index is 1.72. The van der Waals surface area contributed by atoms with Crippen LogP contribution < -0.4 is 14.8 Å². The van der Waals surface area contributed by atoms with Gasteiger partial charge < -0.3 is 14.6 Å². The average molecular weight is 477 g/mol. The first-order valence-corrected chi connectivity index (χ1v) is 11.9. The van der Waals surface area contributed by atoms with Gasteiger partial charge in [-0.2, -0.15) is 0 Å². The largest absolute Gasteiger partial charge is 0.494 e. The minimum Gasteiger partial charge on any atom is -0.494 e. The highest BCUT2D eigenvalue weighted by Gasteiger charge is 2.21. The van der Waals surface area contributed by atoms with E-state index in [2.05, 4.69) is 15.0 Å². The molecular weight excluding hydrogens is 452 g/mol. The Morgan fingerprint density at radius 1 is 1.00 bits per heavy atom. The van der Waals surface area contributed by atoms with E-state index in [9.17, 15) is 13.2 Å². The molecule has 1 aromatic heterocycles. The van der Waals surface area contributed by atoms with E-state index >= 15 is 0 Å². The van der Waals surface area contributed by atoms with Crippen LogP contribution in [0.25, 0.3) is 16.8 Å². The van der Waals surface area contributed by atoms with Crippen molar-refractivity contribution in [3.05, 3.63) is 84.9 Å². The minimum absolute atomic E-state index is 0.0843. The number of hydrogen-bond acceptors (Lipinski definition) is 5. The highest BCUT2D eigenvalue weighted by molar-refractivity contribution is 7.92. The Hall–Kier alpha value is -4.11. The summed E-state index contributed by atoms with van der Waals surface area (Å²) >= 11 is 0. The van der Waals surface area contributed by atoms with Crippen molar-refractivity contribution in [2.24, 2.45) is 0 Å². The molecule has 0 saturated heterocycles. The molecule has 1 heterocycles. The minimum atomic E-state index is -3.97. The zero-order chi connectivity index (χ0) is 24.3. The second-order valence-electron chi connectivity index (χ2n) is 7.64. The van der Waals surface area contributed by atoms with Gasteiger partial charge in [0.25, 0.3) is 10.0 Å². The number of aryl methyl sites for hydroxylation is 1. The lowest BCUT2D eigenvalue weighted by atomic mass is 10.0. The molecule has 3 aromatic carbocycles. The van der Waals surface area contributed by atoms with E-state index in [1.165, 1.54) is 20.1 Å². The van der Waals surface area contributed by atoms with Gasteiger partial charge in [-0.05, 0) is 31.2 Å². The van der Waals surface area contributed by atoms with Crippen LogP contribution in [-0.2, 0) is 14.8 Å². The first kappa shape index (κ1) is 23.1. The number of sulfonamides is 1. The van der Waals surface area contributed by atoms with Gasteiger partial charge in [0.15, 0.2) is 0 Å². The third-order valence-corrected chi connectivity index (χ3v) is 6.57. The molecule has 4 aromatic rings. The molecule has 0 unspecified atom stereocenters. The number of anilines is 2. The van der Waals surface area contributed by atoms with E-state index in [1.54, 1.807) is 71.6 Å². The lowest BCUT2D eigenvalue weighted by Crippen LogP contribution is -2.15. The summed E-state index contributed by atoms with van der Waals surface area (Å²) in [7, 11) is -2.45. The molecule has 0 radical (unpaired) electrons. The summed E-state index contributed by atoms with van der Waals surface area (Å²) in [4.78, 5) is 16.0. The molecule has 0 aliphatic carbocycles. The van der Waals surface area contributed by atoms with E-state index in [1.807, 2.05) is 13.1 Å². The zero-order valence-corrected chi connectivity index (χ0v) is 19.8. The topological polar surface area (TPSA) is 102 Å². The summed E-state index contributed by atoms with van der Waals surface area (Å²) in [5, 5.41) is 2.76. The Labute approximate surface area is 198 Å². The van der Waals surface area contributed by atoms with Crippen LogP contribution in [0.4, 0.5) is 11.4 Å². The van der Waals surface area contributed by atoms with Crippen LogP contribution in [0.1, 0.15) is 12.6 Å². The average Bonchev–Trinajstić information content (AvgIpc) is 3.24. The molecule has 0 fully saturated rings. The molecule has 174 valence electrons. The summed E-state index contributed by atoms with van der Waals surface area (Å²) in [6.45, 7) is 3.29. The van der Waals surface area contributed by atoms with E-state index in [0.717, 1.165) is 11.4 Å². The molecule has 0 atom stereocenters. The highest BCUT2D eigenvalue weighted by atomic mass is 32.2. The molecule has 4 rings (SSSR count). The predicted octanol–water partition coefficient (Wildman–Crippen LogP) is 4.62. The van der Waals surface area contributed by atoms with Crippen molar-refractivity contribution in [1.29, 1.82) is 0 Å². The number of benzene rings is 3. The van der Waals surface area contributed by atoms with Gasteiger partial charge in [0, 0.05) is 36.0 Å². The van der Waals surface area contributed by atoms with E-state index in [0.29, 0.717) is 28.3 Å². The maximum absolute atomic E-state index is 13.4. The van der Waals surface area contributed by atoms with Crippen molar-refractivity contribution in [1.82, 2.24) is 9.55 Å². The number of carbonyl (C=O) groups excluding carboxylic acids is 1. The number of para-hydroxylation sites is 1.